The Morgan fingerprint density at radius 3 is 2.24 bits per heavy atom. The molecule has 1 saturated heterocycles. The molecule has 0 radical (unpaired) electrons. The van der Waals surface area contributed by atoms with Gasteiger partial charge in [0.15, 0.2) is 0 Å². The zero-order valence-corrected chi connectivity index (χ0v) is 16.1. The lowest BCUT2D eigenvalue weighted by atomic mass is 10.2. The first-order chi connectivity index (χ1) is 13.7. The molecule has 3 rings (SSSR count). The van der Waals surface area contributed by atoms with Gasteiger partial charge in [-0.2, -0.15) is 4.31 Å². The van der Waals surface area contributed by atoms with Gasteiger partial charge in [-0.3, -0.25) is 4.79 Å². The largest absolute Gasteiger partial charge is 0.573 e. The van der Waals surface area contributed by atoms with Crippen LogP contribution in [0.5, 0.6) is 5.75 Å². The number of amides is 1. The molecular weight excluding hydrogens is 409 g/mol. The third-order valence-corrected chi connectivity index (χ3v) is 6.39. The third kappa shape index (κ3) is 5.07. The first kappa shape index (κ1) is 21.1. The van der Waals surface area contributed by atoms with Gasteiger partial charge in [0, 0.05) is 31.7 Å². The number of rotatable bonds is 4. The maximum Gasteiger partial charge on any atom is 0.573 e. The van der Waals surface area contributed by atoms with Gasteiger partial charge in [0.25, 0.3) is 5.91 Å². The molecule has 1 amide bonds. The quantitative estimate of drug-likeness (QED) is 0.751. The van der Waals surface area contributed by atoms with Crippen LogP contribution in [-0.2, 0) is 10.0 Å². The van der Waals surface area contributed by atoms with Crippen molar-refractivity contribution in [2.24, 2.45) is 0 Å². The van der Waals surface area contributed by atoms with Crippen LogP contribution in [0, 0.1) is 0 Å². The molecule has 29 heavy (non-hydrogen) atoms. The van der Waals surface area contributed by atoms with Crippen LogP contribution in [0.15, 0.2) is 59.5 Å². The average molecular weight is 428 g/mol. The van der Waals surface area contributed by atoms with Crippen molar-refractivity contribution >= 4 is 15.9 Å². The molecule has 0 N–H and O–H groups in total. The Morgan fingerprint density at radius 1 is 0.897 bits per heavy atom. The number of nitrogens with zero attached hydrogens (tertiary/aromatic N) is 2. The van der Waals surface area contributed by atoms with Gasteiger partial charge in [-0.05, 0) is 30.7 Å². The molecule has 0 saturated carbocycles. The van der Waals surface area contributed by atoms with Crippen LogP contribution in [0.4, 0.5) is 13.2 Å². The number of alkyl halides is 3. The van der Waals surface area contributed by atoms with Crippen LogP contribution < -0.4 is 4.74 Å². The van der Waals surface area contributed by atoms with E-state index < -0.39 is 27.0 Å². The Hall–Kier alpha value is -2.59. The number of halogens is 3. The van der Waals surface area contributed by atoms with E-state index >= 15 is 0 Å². The summed E-state index contributed by atoms with van der Waals surface area (Å²) in [6.45, 7) is 0.540. The van der Waals surface area contributed by atoms with Crippen molar-refractivity contribution in [1.29, 1.82) is 0 Å². The van der Waals surface area contributed by atoms with Crippen LogP contribution >= 0.6 is 0 Å². The van der Waals surface area contributed by atoms with Crippen LogP contribution in [0.2, 0.25) is 0 Å². The summed E-state index contributed by atoms with van der Waals surface area (Å²) >= 11 is 0. The second-order valence-corrected chi connectivity index (χ2v) is 8.32. The predicted molar refractivity (Wildman–Crippen MR) is 98.8 cm³/mol. The molecule has 2 aromatic carbocycles. The predicted octanol–water partition coefficient (Wildman–Crippen LogP) is 3.12. The number of carbonyl (C=O) groups is 1. The van der Waals surface area contributed by atoms with Gasteiger partial charge in [0.2, 0.25) is 10.0 Å². The minimum absolute atomic E-state index is 0.0265. The highest BCUT2D eigenvalue weighted by Crippen LogP contribution is 2.31. The molecule has 10 heteroatoms. The molecule has 1 aliphatic heterocycles. The Kier molecular flexibility index (Phi) is 6.13. The fourth-order valence-corrected chi connectivity index (χ4v) is 4.70. The fourth-order valence-electron chi connectivity index (χ4n) is 3.11. The maximum absolute atomic E-state index is 13.0. The lowest BCUT2D eigenvalue weighted by Gasteiger charge is -2.23. The van der Waals surface area contributed by atoms with Gasteiger partial charge < -0.3 is 9.64 Å². The lowest BCUT2D eigenvalue weighted by molar-refractivity contribution is -0.275. The summed E-state index contributed by atoms with van der Waals surface area (Å²) in [5, 5.41) is 0. The van der Waals surface area contributed by atoms with E-state index in [0.29, 0.717) is 18.5 Å². The Bertz CT molecular complexity index is 965. The number of sulfonamides is 1. The maximum atomic E-state index is 13.0. The molecule has 0 bridgehead atoms. The third-order valence-electron chi connectivity index (χ3n) is 4.46. The average Bonchev–Trinajstić information content (AvgIpc) is 2.94. The molecular formula is C19H19F3N2O4S. The summed E-state index contributed by atoms with van der Waals surface area (Å²) in [6.07, 6.45) is -4.65. The van der Waals surface area contributed by atoms with Crippen molar-refractivity contribution in [3.05, 3.63) is 60.2 Å². The summed E-state index contributed by atoms with van der Waals surface area (Å²) in [5.41, 5.74) is 0.493. The highest BCUT2D eigenvalue weighted by Gasteiger charge is 2.36. The monoisotopic (exact) mass is 428 g/mol. The molecule has 6 nitrogen and oxygen atoms in total. The number of hydrogen-bond donors (Lipinski definition) is 0. The second-order valence-electron chi connectivity index (χ2n) is 6.41. The number of hydrogen-bond acceptors (Lipinski definition) is 4. The van der Waals surface area contributed by atoms with E-state index in [0.717, 1.165) is 16.4 Å². The minimum atomic E-state index is -5.01. The summed E-state index contributed by atoms with van der Waals surface area (Å²) in [5.74, 6) is -0.993. The first-order valence-electron chi connectivity index (χ1n) is 8.88. The molecule has 1 fully saturated rings. The molecule has 0 atom stereocenters. The zero-order chi connectivity index (χ0) is 21.1. The summed E-state index contributed by atoms with van der Waals surface area (Å²) < 4.78 is 68.8. The molecule has 0 aliphatic carbocycles. The van der Waals surface area contributed by atoms with E-state index in [1.54, 1.807) is 35.2 Å². The summed E-state index contributed by atoms with van der Waals surface area (Å²) in [4.78, 5) is 13.6. The Morgan fingerprint density at radius 2 is 1.55 bits per heavy atom. The lowest BCUT2D eigenvalue weighted by Crippen LogP contribution is -2.37. The number of carbonyl (C=O) groups excluding carboxylic acids is 1. The SMILES string of the molecule is O=C(c1ccccc1)N1CCCN(S(=O)(=O)c2ccccc2OC(F)(F)F)CC1. The van der Waals surface area contributed by atoms with Gasteiger partial charge in [-0.15, -0.1) is 13.2 Å². The molecule has 0 unspecified atom stereocenters. The van der Waals surface area contributed by atoms with Gasteiger partial charge >= 0.3 is 6.36 Å². The number of para-hydroxylation sites is 1. The molecule has 156 valence electrons. The topological polar surface area (TPSA) is 66.9 Å². The fraction of sp³-hybridized carbons (Fsp3) is 0.316. The van der Waals surface area contributed by atoms with Crippen LogP contribution in [0.1, 0.15) is 16.8 Å². The van der Waals surface area contributed by atoms with E-state index in [2.05, 4.69) is 4.74 Å². The number of ether oxygens (including phenoxy) is 1. The minimum Gasteiger partial charge on any atom is -0.404 e. The molecule has 0 spiro atoms. The molecule has 1 heterocycles. The van der Waals surface area contributed by atoms with E-state index in [1.807, 2.05) is 0 Å². The van der Waals surface area contributed by atoms with Crippen LogP contribution in [0.3, 0.4) is 0 Å². The highest BCUT2D eigenvalue weighted by atomic mass is 32.2. The zero-order valence-electron chi connectivity index (χ0n) is 15.3. The Balaban J connectivity index is 1.79. The molecule has 0 aromatic heterocycles. The van der Waals surface area contributed by atoms with Crippen molar-refractivity contribution in [1.82, 2.24) is 9.21 Å². The molecule has 1 aliphatic rings. The second kappa shape index (κ2) is 8.42. The van der Waals surface area contributed by atoms with Gasteiger partial charge in [0.05, 0.1) is 0 Å². The van der Waals surface area contributed by atoms with Crippen molar-refractivity contribution in [2.45, 2.75) is 17.7 Å². The summed E-state index contributed by atoms with van der Waals surface area (Å²) in [7, 11) is -4.23. The van der Waals surface area contributed by atoms with Crippen molar-refractivity contribution in [3.8, 4) is 5.75 Å². The van der Waals surface area contributed by atoms with E-state index in [1.165, 1.54) is 12.1 Å². The van der Waals surface area contributed by atoms with Crippen LogP contribution in [-0.4, -0.2) is 56.1 Å². The van der Waals surface area contributed by atoms with Gasteiger partial charge in [0.1, 0.15) is 10.6 Å². The Labute approximate surface area is 166 Å². The van der Waals surface area contributed by atoms with Crippen LogP contribution in [0.25, 0.3) is 0 Å². The van der Waals surface area contributed by atoms with E-state index in [9.17, 15) is 26.4 Å². The standard InChI is InChI=1S/C19H19F3N2O4S/c20-19(21,22)28-16-9-4-5-10-17(16)29(26,27)24-12-6-11-23(13-14-24)18(25)15-7-2-1-3-8-15/h1-5,7-10H,6,11-14H2. The van der Waals surface area contributed by atoms with Crippen molar-refractivity contribution in [2.75, 3.05) is 26.2 Å². The smallest absolute Gasteiger partial charge is 0.404 e. The van der Waals surface area contributed by atoms with Crippen molar-refractivity contribution < 1.29 is 31.1 Å². The number of benzene rings is 2. The van der Waals surface area contributed by atoms with Crippen molar-refractivity contribution in [3.63, 3.8) is 0 Å². The van der Waals surface area contributed by atoms with Gasteiger partial charge in [-0.25, -0.2) is 8.42 Å². The van der Waals surface area contributed by atoms with Gasteiger partial charge in [-0.1, -0.05) is 30.3 Å². The summed E-state index contributed by atoms with van der Waals surface area (Å²) in [6, 6.07) is 13.2. The highest BCUT2D eigenvalue weighted by molar-refractivity contribution is 7.89. The van der Waals surface area contributed by atoms with E-state index in [-0.39, 0.29) is 25.5 Å². The van der Waals surface area contributed by atoms with E-state index in [4.69, 9.17) is 0 Å². The first-order valence-corrected chi connectivity index (χ1v) is 10.3. The normalized spacial score (nSPS) is 16.3. The molecule has 2 aromatic rings.